The van der Waals surface area contributed by atoms with Gasteiger partial charge in [-0.15, -0.1) is 11.8 Å². The second-order valence-corrected chi connectivity index (χ2v) is 7.86. The maximum absolute atomic E-state index is 12.2. The molecule has 0 aliphatic heterocycles. The zero-order valence-corrected chi connectivity index (χ0v) is 13.7. The summed E-state index contributed by atoms with van der Waals surface area (Å²) in [5.74, 6) is -0.0456. The number of hydrogen-bond donors (Lipinski definition) is 2. The Morgan fingerprint density at radius 1 is 1.48 bits per heavy atom. The molecular weight excluding hydrogens is 333 g/mol. The van der Waals surface area contributed by atoms with E-state index in [1.165, 1.54) is 6.07 Å². The van der Waals surface area contributed by atoms with Crippen LogP contribution in [0.25, 0.3) is 0 Å². The van der Waals surface area contributed by atoms with Gasteiger partial charge in [0.05, 0.1) is 4.75 Å². The van der Waals surface area contributed by atoms with E-state index in [0.29, 0.717) is 18.5 Å². The van der Waals surface area contributed by atoms with Crippen molar-refractivity contribution < 1.29 is 27.6 Å². The van der Waals surface area contributed by atoms with Crippen molar-refractivity contribution in [3.63, 3.8) is 0 Å². The number of halogens is 3. The van der Waals surface area contributed by atoms with Crippen molar-refractivity contribution in [3.8, 4) is 0 Å². The van der Waals surface area contributed by atoms with Gasteiger partial charge >= 0.3 is 6.18 Å². The van der Waals surface area contributed by atoms with E-state index < -0.39 is 22.9 Å². The molecule has 130 valence electrons. The number of anilines is 1. The van der Waals surface area contributed by atoms with Gasteiger partial charge in [-0.1, -0.05) is 5.16 Å². The molecule has 1 aromatic heterocycles. The van der Waals surface area contributed by atoms with E-state index in [1.54, 1.807) is 13.8 Å². The smallest absolute Gasteiger partial charge is 0.383 e. The van der Waals surface area contributed by atoms with Crippen LogP contribution in [0, 0.1) is 0 Å². The zero-order chi connectivity index (χ0) is 17.3. The van der Waals surface area contributed by atoms with Crippen molar-refractivity contribution in [3.05, 3.63) is 11.8 Å². The highest BCUT2D eigenvalue weighted by atomic mass is 32.2. The molecule has 1 saturated carbocycles. The van der Waals surface area contributed by atoms with Crippen molar-refractivity contribution in [2.45, 2.75) is 56.1 Å². The fourth-order valence-electron chi connectivity index (χ4n) is 1.86. The lowest BCUT2D eigenvalue weighted by molar-refractivity contribution is -0.134. The van der Waals surface area contributed by atoms with E-state index in [1.807, 2.05) is 0 Å². The molecule has 9 heteroatoms. The molecule has 1 aliphatic rings. The Balaban J connectivity index is 1.82. The monoisotopic (exact) mass is 352 g/mol. The fourth-order valence-corrected chi connectivity index (χ4v) is 2.84. The average Bonchev–Trinajstić information content (AvgIpc) is 2.99. The molecule has 0 atom stereocenters. The number of hydrogen-bond acceptors (Lipinski definition) is 5. The number of aliphatic hydroxyl groups is 1. The van der Waals surface area contributed by atoms with Gasteiger partial charge in [0.2, 0.25) is 11.8 Å². The van der Waals surface area contributed by atoms with Crippen molar-refractivity contribution in [2.24, 2.45) is 0 Å². The number of thioether (sulfide) groups is 1. The Labute approximate surface area is 136 Å². The second kappa shape index (κ2) is 6.35. The van der Waals surface area contributed by atoms with Crippen LogP contribution in [-0.4, -0.2) is 32.8 Å². The lowest BCUT2D eigenvalue weighted by Crippen LogP contribution is -2.34. The maximum Gasteiger partial charge on any atom is 0.389 e. The van der Waals surface area contributed by atoms with Crippen molar-refractivity contribution in [1.29, 1.82) is 0 Å². The number of aromatic nitrogens is 1. The van der Waals surface area contributed by atoms with Crippen LogP contribution >= 0.6 is 11.8 Å². The number of alkyl halides is 3. The largest absolute Gasteiger partial charge is 0.389 e. The summed E-state index contributed by atoms with van der Waals surface area (Å²) in [5, 5.41) is 16.1. The molecule has 1 amide bonds. The average molecular weight is 352 g/mol. The van der Waals surface area contributed by atoms with Crippen LogP contribution in [0.5, 0.6) is 0 Å². The van der Waals surface area contributed by atoms with Gasteiger partial charge in [-0.05, 0) is 38.9 Å². The first-order valence-corrected chi connectivity index (χ1v) is 8.22. The molecule has 1 aliphatic carbocycles. The SMILES string of the molecule is CC(C)(SCCCC(F)(F)F)C(=O)Nc1cc(C2(O)CC2)no1. The van der Waals surface area contributed by atoms with Crippen LogP contribution in [0.2, 0.25) is 0 Å². The minimum absolute atomic E-state index is 0.0373. The zero-order valence-electron chi connectivity index (χ0n) is 12.9. The van der Waals surface area contributed by atoms with Gasteiger partial charge in [-0.25, -0.2) is 0 Å². The van der Waals surface area contributed by atoms with Gasteiger partial charge < -0.3 is 9.63 Å². The summed E-state index contributed by atoms with van der Waals surface area (Å²) in [5.41, 5.74) is -0.572. The van der Waals surface area contributed by atoms with E-state index in [-0.39, 0.29) is 24.0 Å². The Morgan fingerprint density at radius 3 is 2.70 bits per heavy atom. The first-order valence-electron chi connectivity index (χ1n) is 7.24. The summed E-state index contributed by atoms with van der Waals surface area (Å²) in [7, 11) is 0. The first kappa shape index (κ1) is 18.1. The molecule has 0 bridgehead atoms. The predicted molar refractivity (Wildman–Crippen MR) is 80.1 cm³/mol. The summed E-state index contributed by atoms with van der Waals surface area (Å²) in [6.45, 7) is 3.26. The number of amides is 1. The van der Waals surface area contributed by atoms with Crippen LogP contribution in [0.15, 0.2) is 10.6 Å². The lowest BCUT2D eigenvalue weighted by Gasteiger charge is -2.22. The van der Waals surface area contributed by atoms with Crippen molar-refractivity contribution in [2.75, 3.05) is 11.1 Å². The maximum atomic E-state index is 12.2. The molecule has 2 N–H and O–H groups in total. The molecule has 5 nitrogen and oxygen atoms in total. The topological polar surface area (TPSA) is 75.4 Å². The van der Waals surface area contributed by atoms with Gasteiger partial charge in [0, 0.05) is 12.5 Å². The summed E-state index contributed by atoms with van der Waals surface area (Å²) in [6.07, 6.45) is -3.86. The Kier molecular flexibility index (Phi) is 5.00. The van der Waals surface area contributed by atoms with E-state index >= 15 is 0 Å². The molecule has 0 saturated heterocycles. The van der Waals surface area contributed by atoms with Crippen molar-refractivity contribution in [1.82, 2.24) is 5.16 Å². The van der Waals surface area contributed by atoms with Gasteiger partial charge in [-0.2, -0.15) is 13.2 Å². The third kappa shape index (κ3) is 5.13. The van der Waals surface area contributed by atoms with E-state index in [2.05, 4.69) is 10.5 Å². The lowest BCUT2D eigenvalue weighted by atomic mass is 10.2. The Morgan fingerprint density at radius 2 is 2.13 bits per heavy atom. The van der Waals surface area contributed by atoms with Crippen LogP contribution < -0.4 is 5.32 Å². The molecule has 0 unspecified atom stereocenters. The molecular formula is C14H19F3N2O3S. The fraction of sp³-hybridized carbons (Fsp3) is 0.714. The molecule has 0 spiro atoms. The predicted octanol–water partition coefficient (Wildman–Crippen LogP) is 3.45. The summed E-state index contributed by atoms with van der Waals surface area (Å²) in [6, 6.07) is 1.47. The molecule has 23 heavy (non-hydrogen) atoms. The van der Waals surface area contributed by atoms with Gasteiger partial charge in [-0.3, -0.25) is 10.1 Å². The molecule has 2 rings (SSSR count). The Hall–Kier alpha value is -1.22. The molecule has 1 heterocycles. The van der Waals surface area contributed by atoms with Gasteiger partial charge in [0.15, 0.2) is 0 Å². The normalized spacial score (nSPS) is 17.1. The van der Waals surface area contributed by atoms with E-state index in [0.717, 1.165) is 11.8 Å². The van der Waals surface area contributed by atoms with Crippen LogP contribution in [0.3, 0.4) is 0 Å². The number of carbonyl (C=O) groups is 1. The standard InChI is InChI=1S/C14H19F3N2O3S/c1-12(2,23-7-3-4-14(15,16)17)11(20)18-10-8-9(19-22-10)13(21)5-6-13/h8,21H,3-7H2,1-2H3,(H,18,20). The molecule has 1 aromatic rings. The van der Waals surface area contributed by atoms with Gasteiger partial charge in [0.1, 0.15) is 11.3 Å². The highest BCUT2D eigenvalue weighted by Gasteiger charge is 2.45. The number of nitrogens with zero attached hydrogens (tertiary/aromatic N) is 1. The highest BCUT2D eigenvalue weighted by Crippen LogP contribution is 2.45. The third-order valence-corrected chi connectivity index (χ3v) is 4.96. The van der Waals surface area contributed by atoms with E-state index in [4.69, 9.17) is 4.52 Å². The molecule has 0 radical (unpaired) electrons. The van der Waals surface area contributed by atoms with Crippen molar-refractivity contribution >= 4 is 23.6 Å². The summed E-state index contributed by atoms with van der Waals surface area (Å²) in [4.78, 5) is 12.2. The Bertz CT molecular complexity index is 568. The highest BCUT2D eigenvalue weighted by molar-refractivity contribution is 8.01. The van der Waals surface area contributed by atoms with Crippen LogP contribution in [0.1, 0.15) is 45.2 Å². The molecule has 1 fully saturated rings. The third-order valence-electron chi connectivity index (χ3n) is 3.56. The summed E-state index contributed by atoms with van der Waals surface area (Å²) < 4.78 is 40.4. The number of nitrogens with one attached hydrogen (secondary N) is 1. The summed E-state index contributed by atoms with van der Waals surface area (Å²) >= 11 is 1.15. The minimum atomic E-state index is -4.17. The molecule has 0 aromatic carbocycles. The van der Waals surface area contributed by atoms with Crippen LogP contribution in [-0.2, 0) is 10.4 Å². The van der Waals surface area contributed by atoms with Gasteiger partial charge in [0.25, 0.3) is 0 Å². The second-order valence-electron chi connectivity index (χ2n) is 6.14. The van der Waals surface area contributed by atoms with Crippen LogP contribution in [0.4, 0.5) is 19.1 Å². The minimum Gasteiger partial charge on any atom is -0.383 e. The number of carbonyl (C=O) groups excluding carboxylic acids is 1. The number of rotatable bonds is 7. The van der Waals surface area contributed by atoms with E-state index in [9.17, 15) is 23.1 Å². The first-order chi connectivity index (χ1) is 10.5. The quantitative estimate of drug-likeness (QED) is 0.735.